The molecule has 7 heteroatoms. The Morgan fingerprint density at radius 2 is 2.10 bits per heavy atom. The predicted octanol–water partition coefficient (Wildman–Crippen LogP) is 0.707. The first-order valence-electron chi connectivity index (χ1n) is 7.09. The second kappa shape index (κ2) is 6.21. The van der Waals surface area contributed by atoms with Crippen molar-refractivity contribution in [3.05, 3.63) is 18.2 Å². The molecule has 0 amide bonds. The van der Waals surface area contributed by atoms with E-state index in [1.165, 1.54) is 13.1 Å². The molecule has 1 fully saturated rings. The molecule has 3 N–H and O–H groups in total. The molecule has 0 aromatic heterocycles. The first-order valence-corrected chi connectivity index (χ1v) is 8.58. The van der Waals surface area contributed by atoms with E-state index in [9.17, 15) is 8.42 Å². The number of rotatable bonds is 4. The number of likely N-dealkylation sites (N-methyl/N-ethyl adjacent to an activating group) is 1. The maximum Gasteiger partial charge on any atom is 0.242 e. The number of piperidine rings is 1. The molecule has 0 bridgehead atoms. The highest BCUT2D eigenvalue weighted by molar-refractivity contribution is 7.89. The number of hydrogen-bond acceptors (Lipinski definition) is 5. The molecular weight excluding hydrogens is 288 g/mol. The monoisotopic (exact) mass is 312 g/mol. The van der Waals surface area contributed by atoms with Crippen molar-refractivity contribution in [1.82, 2.24) is 9.62 Å². The normalized spacial score (nSPS) is 20.0. The molecule has 0 aliphatic carbocycles. The van der Waals surface area contributed by atoms with Crippen LogP contribution in [-0.4, -0.2) is 53.6 Å². The van der Waals surface area contributed by atoms with Crippen LogP contribution in [0.25, 0.3) is 0 Å². The minimum atomic E-state index is -3.52. The van der Waals surface area contributed by atoms with Gasteiger partial charge in [-0.05, 0) is 52.2 Å². The van der Waals surface area contributed by atoms with Crippen LogP contribution >= 0.6 is 0 Å². The third kappa shape index (κ3) is 3.48. The molecule has 2 rings (SSSR count). The lowest BCUT2D eigenvalue weighted by atomic mass is 10.0. The summed E-state index contributed by atoms with van der Waals surface area (Å²) in [4.78, 5) is 4.58. The Hall–Kier alpha value is -1.31. The van der Waals surface area contributed by atoms with Gasteiger partial charge in [-0.3, -0.25) is 0 Å². The van der Waals surface area contributed by atoms with Crippen LogP contribution in [0.1, 0.15) is 12.8 Å². The van der Waals surface area contributed by atoms with Crippen LogP contribution in [0.4, 0.5) is 11.4 Å². The van der Waals surface area contributed by atoms with Gasteiger partial charge in [-0.15, -0.1) is 0 Å². The maximum atomic E-state index is 12.2. The van der Waals surface area contributed by atoms with E-state index in [0.29, 0.717) is 11.7 Å². The molecule has 1 saturated heterocycles. The van der Waals surface area contributed by atoms with Crippen LogP contribution in [-0.2, 0) is 10.0 Å². The number of benzene rings is 1. The minimum Gasteiger partial charge on any atom is -0.399 e. The topological polar surface area (TPSA) is 78.7 Å². The zero-order valence-electron chi connectivity index (χ0n) is 12.8. The van der Waals surface area contributed by atoms with E-state index >= 15 is 0 Å². The van der Waals surface area contributed by atoms with Crippen LogP contribution in [0.2, 0.25) is 0 Å². The molecule has 1 unspecified atom stereocenters. The summed E-state index contributed by atoms with van der Waals surface area (Å²) >= 11 is 0. The van der Waals surface area contributed by atoms with E-state index < -0.39 is 10.0 Å². The summed E-state index contributed by atoms with van der Waals surface area (Å²) in [7, 11) is 2.01. The number of anilines is 2. The fourth-order valence-corrected chi connectivity index (χ4v) is 3.70. The quantitative estimate of drug-likeness (QED) is 0.801. The van der Waals surface area contributed by atoms with Crippen LogP contribution < -0.4 is 15.4 Å². The van der Waals surface area contributed by atoms with Crippen molar-refractivity contribution in [2.45, 2.75) is 23.8 Å². The Kier molecular flexibility index (Phi) is 4.75. The summed E-state index contributed by atoms with van der Waals surface area (Å²) in [5.74, 6) is 0. The Morgan fingerprint density at radius 1 is 1.38 bits per heavy atom. The smallest absolute Gasteiger partial charge is 0.242 e. The van der Waals surface area contributed by atoms with Crippen molar-refractivity contribution in [3.63, 3.8) is 0 Å². The van der Waals surface area contributed by atoms with Crippen LogP contribution in [0.5, 0.6) is 0 Å². The van der Waals surface area contributed by atoms with Crippen molar-refractivity contribution < 1.29 is 8.42 Å². The van der Waals surface area contributed by atoms with E-state index in [4.69, 9.17) is 5.73 Å². The van der Waals surface area contributed by atoms with Crippen LogP contribution in [0.3, 0.4) is 0 Å². The largest absolute Gasteiger partial charge is 0.399 e. The van der Waals surface area contributed by atoms with Gasteiger partial charge < -0.3 is 15.5 Å². The van der Waals surface area contributed by atoms with Crippen molar-refractivity contribution in [2.75, 3.05) is 44.9 Å². The van der Waals surface area contributed by atoms with Crippen molar-refractivity contribution in [3.8, 4) is 0 Å². The molecule has 1 aliphatic heterocycles. The van der Waals surface area contributed by atoms with E-state index in [-0.39, 0.29) is 4.90 Å². The fourth-order valence-electron chi connectivity index (χ4n) is 2.71. The second-order valence-corrected chi connectivity index (χ2v) is 7.50. The van der Waals surface area contributed by atoms with Gasteiger partial charge in [0.25, 0.3) is 0 Å². The van der Waals surface area contributed by atoms with E-state index in [0.717, 1.165) is 31.6 Å². The molecule has 1 aromatic rings. The summed E-state index contributed by atoms with van der Waals surface area (Å²) in [6, 6.07) is 5.52. The van der Waals surface area contributed by atoms with Gasteiger partial charge in [-0.2, -0.15) is 0 Å². The Labute approximate surface area is 127 Å². The van der Waals surface area contributed by atoms with Gasteiger partial charge in [0.2, 0.25) is 10.0 Å². The molecule has 1 aliphatic rings. The van der Waals surface area contributed by atoms with Crippen molar-refractivity contribution in [1.29, 1.82) is 0 Å². The van der Waals surface area contributed by atoms with E-state index in [1.807, 2.05) is 0 Å². The maximum absolute atomic E-state index is 12.2. The molecule has 0 radical (unpaired) electrons. The number of sulfonamides is 1. The molecule has 0 saturated carbocycles. The standard InChI is InChI=1S/C14H24N4O2S/c1-16-21(19,20)14-9-11(15)6-7-13(14)18-8-4-5-12(10-18)17(2)3/h6-7,9,12,16H,4-5,8,10,15H2,1-3H3. The van der Waals surface area contributed by atoms with Crippen molar-refractivity contribution >= 4 is 21.4 Å². The van der Waals surface area contributed by atoms with Crippen LogP contribution in [0.15, 0.2) is 23.1 Å². The number of nitrogens with zero attached hydrogens (tertiary/aromatic N) is 2. The zero-order valence-corrected chi connectivity index (χ0v) is 13.7. The third-order valence-corrected chi connectivity index (χ3v) is 5.45. The van der Waals surface area contributed by atoms with Gasteiger partial charge in [0.1, 0.15) is 4.90 Å². The van der Waals surface area contributed by atoms with E-state index in [2.05, 4.69) is 28.6 Å². The molecule has 1 atom stereocenters. The summed E-state index contributed by atoms with van der Waals surface area (Å²) in [5.41, 5.74) is 6.94. The number of nitrogens with one attached hydrogen (secondary N) is 1. The number of nitrogen functional groups attached to an aromatic ring is 1. The average molecular weight is 312 g/mol. The zero-order chi connectivity index (χ0) is 15.6. The fraction of sp³-hybridized carbons (Fsp3) is 0.571. The van der Waals surface area contributed by atoms with Gasteiger partial charge in [0.05, 0.1) is 5.69 Å². The summed E-state index contributed by atoms with van der Waals surface area (Å²) in [5, 5.41) is 0. The highest BCUT2D eigenvalue weighted by Gasteiger charge is 2.26. The highest BCUT2D eigenvalue weighted by atomic mass is 32.2. The Balaban J connectivity index is 2.40. The lowest BCUT2D eigenvalue weighted by Crippen LogP contribution is -2.45. The molecule has 1 aromatic carbocycles. The first kappa shape index (κ1) is 16.1. The molecule has 21 heavy (non-hydrogen) atoms. The van der Waals surface area contributed by atoms with Crippen molar-refractivity contribution in [2.24, 2.45) is 0 Å². The second-order valence-electron chi connectivity index (χ2n) is 5.64. The summed E-state index contributed by atoms with van der Waals surface area (Å²) in [6.45, 7) is 1.68. The van der Waals surface area contributed by atoms with Gasteiger partial charge in [-0.25, -0.2) is 13.1 Å². The minimum absolute atomic E-state index is 0.254. The van der Waals surface area contributed by atoms with E-state index in [1.54, 1.807) is 12.1 Å². The molecule has 1 heterocycles. The molecule has 6 nitrogen and oxygen atoms in total. The molecular formula is C14H24N4O2S. The molecule has 118 valence electrons. The third-order valence-electron chi connectivity index (χ3n) is 4.01. The Bertz CT molecular complexity index is 601. The number of hydrogen-bond donors (Lipinski definition) is 2. The first-order chi connectivity index (χ1) is 9.85. The average Bonchev–Trinajstić information content (AvgIpc) is 2.47. The Morgan fingerprint density at radius 3 is 2.71 bits per heavy atom. The van der Waals surface area contributed by atoms with Gasteiger partial charge in [0, 0.05) is 24.8 Å². The van der Waals surface area contributed by atoms with Gasteiger partial charge >= 0.3 is 0 Å². The molecule has 0 spiro atoms. The van der Waals surface area contributed by atoms with Crippen LogP contribution in [0, 0.1) is 0 Å². The lowest BCUT2D eigenvalue weighted by molar-refractivity contribution is 0.257. The number of nitrogens with two attached hydrogens (primary N) is 1. The summed E-state index contributed by atoms with van der Waals surface area (Å²) < 4.78 is 26.8. The van der Waals surface area contributed by atoms with Gasteiger partial charge in [0.15, 0.2) is 0 Å². The SMILES string of the molecule is CNS(=O)(=O)c1cc(N)ccc1N1CCCC(N(C)C)C1. The summed E-state index contributed by atoms with van der Waals surface area (Å²) in [6.07, 6.45) is 2.18. The van der Waals surface area contributed by atoms with Gasteiger partial charge in [-0.1, -0.05) is 0 Å². The highest BCUT2D eigenvalue weighted by Crippen LogP contribution is 2.30. The lowest BCUT2D eigenvalue weighted by Gasteiger charge is -2.38. The predicted molar refractivity (Wildman–Crippen MR) is 86.0 cm³/mol.